The van der Waals surface area contributed by atoms with Gasteiger partial charge in [-0.15, -0.1) is 0 Å². The molecule has 172 valence electrons. The van der Waals surface area contributed by atoms with Crippen molar-refractivity contribution >= 4 is 0 Å². The van der Waals surface area contributed by atoms with Gasteiger partial charge in [0.2, 0.25) is 0 Å². The van der Waals surface area contributed by atoms with Gasteiger partial charge in [0.15, 0.2) is 6.29 Å². The van der Waals surface area contributed by atoms with E-state index in [1.165, 1.54) is 0 Å². The van der Waals surface area contributed by atoms with Crippen molar-refractivity contribution in [3.05, 3.63) is 12.2 Å². The van der Waals surface area contributed by atoms with Gasteiger partial charge < -0.3 is 50.3 Å². The molecule has 11 heteroatoms. The molecule has 0 radical (unpaired) electrons. The third-order valence-corrected chi connectivity index (χ3v) is 5.14. The Morgan fingerprint density at radius 2 is 1.66 bits per heavy atom. The van der Waals surface area contributed by atoms with Crippen molar-refractivity contribution in [3.63, 3.8) is 0 Å². The summed E-state index contributed by atoms with van der Waals surface area (Å²) in [6, 6.07) is -0.646. The molecule has 0 aromatic carbocycles. The molecule has 1 aliphatic rings. The molecule has 1 rings (SSSR count). The first-order valence-electron chi connectivity index (χ1n) is 9.58. The molecule has 1 fully saturated rings. The second-order valence-electron chi connectivity index (χ2n) is 7.12. The Morgan fingerprint density at radius 3 is 2.14 bits per heavy atom. The average Bonchev–Trinajstić information content (AvgIpc) is 2.73. The zero-order valence-electron chi connectivity index (χ0n) is 16.9. The fraction of sp³-hybridized carbons (Fsp3) is 0.889. The van der Waals surface area contributed by atoms with Crippen molar-refractivity contribution in [2.24, 2.45) is 0 Å². The molecule has 0 bridgehead atoms. The van der Waals surface area contributed by atoms with Crippen molar-refractivity contribution in [2.45, 2.75) is 75.0 Å². The molecule has 29 heavy (non-hydrogen) atoms. The molecule has 11 nitrogen and oxygen atoms in total. The van der Waals surface area contributed by atoms with Gasteiger partial charge in [0.1, 0.15) is 48.8 Å². The van der Waals surface area contributed by atoms with Crippen LogP contribution in [0.2, 0.25) is 0 Å². The number of ether oxygens (including phenoxy) is 2. The first-order valence-corrected chi connectivity index (χ1v) is 9.58. The van der Waals surface area contributed by atoms with Crippen molar-refractivity contribution < 1.29 is 50.3 Å². The van der Waals surface area contributed by atoms with Crippen LogP contribution in [0.25, 0.3) is 0 Å². The number of nitrogens with zero attached hydrogens (tertiary/aromatic N) is 1. The first kappa shape index (κ1) is 26.3. The van der Waals surface area contributed by atoms with E-state index in [2.05, 4.69) is 0 Å². The number of aliphatic hydroxyl groups excluding tert-OH is 8. The summed E-state index contributed by atoms with van der Waals surface area (Å²) in [7, 11) is 1.72. The summed E-state index contributed by atoms with van der Waals surface area (Å²) in [4.78, 5) is 1.74. The molecule has 1 saturated heterocycles. The van der Waals surface area contributed by atoms with E-state index in [4.69, 9.17) is 9.47 Å². The Labute approximate surface area is 170 Å². The maximum absolute atomic E-state index is 10.7. The predicted octanol–water partition coefficient (Wildman–Crippen LogP) is -3.86. The average molecular weight is 425 g/mol. The van der Waals surface area contributed by atoms with E-state index < -0.39 is 74.4 Å². The Balaban J connectivity index is 3.06. The number of hydrogen-bond acceptors (Lipinski definition) is 11. The molecule has 1 aliphatic heterocycles. The van der Waals surface area contributed by atoms with E-state index in [1.54, 1.807) is 31.0 Å². The molecule has 0 amide bonds. The third-order valence-electron chi connectivity index (χ3n) is 5.14. The van der Waals surface area contributed by atoms with Crippen LogP contribution in [0.4, 0.5) is 0 Å². The zero-order valence-corrected chi connectivity index (χ0v) is 16.9. The molecule has 8 N–H and O–H groups in total. The van der Waals surface area contributed by atoms with Crippen LogP contribution in [0, 0.1) is 0 Å². The van der Waals surface area contributed by atoms with Gasteiger partial charge in [0.25, 0.3) is 0 Å². The van der Waals surface area contributed by atoms with Crippen molar-refractivity contribution in [2.75, 3.05) is 26.8 Å². The van der Waals surface area contributed by atoms with Crippen molar-refractivity contribution in [3.8, 4) is 0 Å². The predicted molar refractivity (Wildman–Crippen MR) is 101 cm³/mol. The summed E-state index contributed by atoms with van der Waals surface area (Å²) in [6.45, 7) is 2.61. The van der Waals surface area contributed by atoms with Crippen LogP contribution in [-0.4, -0.2) is 134 Å². The lowest BCUT2D eigenvalue weighted by Crippen LogP contribution is -2.62. The normalized spacial score (nSPS) is 33.6. The van der Waals surface area contributed by atoms with Crippen molar-refractivity contribution in [1.82, 2.24) is 4.90 Å². The number of hydrogen-bond donors (Lipinski definition) is 8. The van der Waals surface area contributed by atoms with Gasteiger partial charge in [-0.3, -0.25) is 4.90 Å². The Hall–Kier alpha value is -0.700. The molecule has 0 saturated carbocycles. The van der Waals surface area contributed by atoms with E-state index in [9.17, 15) is 40.9 Å². The Morgan fingerprint density at radius 1 is 1.03 bits per heavy atom. The Kier molecular flexibility index (Phi) is 11.1. The first-order chi connectivity index (χ1) is 13.6. The summed E-state index contributed by atoms with van der Waals surface area (Å²) < 4.78 is 10.6. The summed E-state index contributed by atoms with van der Waals surface area (Å²) in [5, 5.41) is 79.9. The van der Waals surface area contributed by atoms with E-state index >= 15 is 0 Å². The maximum Gasteiger partial charge on any atom is 0.187 e. The molecule has 0 aliphatic carbocycles. The quantitative estimate of drug-likeness (QED) is 0.152. The van der Waals surface area contributed by atoms with Gasteiger partial charge in [0.05, 0.1) is 19.3 Å². The lowest BCUT2D eigenvalue weighted by Gasteiger charge is -2.43. The van der Waals surface area contributed by atoms with Gasteiger partial charge in [-0.1, -0.05) is 19.1 Å². The number of rotatable bonds is 11. The SMILES string of the molecule is C/C=C/[C@@H]([C@H](O)[C@@H](O)[C@H](O[C@H]1O[C@H](CO)[C@@H](O)[C@H](O)[C@H]1O)[C@H](O)CO)N(C)CC. The van der Waals surface area contributed by atoms with Crippen LogP contribution in [0.3, 0.4) is 0 Å². The highest BCUT2D eigenvalue weighted by atomic mass is 16.7. The van der Waals surface area contributed by atoms with E-state index in [1.807, 2.05) is 6.92 Å². The summed E-state index contributed by atoms with van der Waals surface area (Å²) in [5.74, 6) is 0. The number of likely N-dealkylation sites (N-methyl/N-ethyl adjacent to an activating group) is 1. The number of aliphatic hydroxyl groups is 8. The van der Waals surface area contributed by atoms with E-state index in [-0.39, 0.29) is 0 Å². The standard InChI is InChI=1S/C18H35NO10/c1-4-6-9(19(3)5-2)12(23)15(26)17(10(22)7-20)29-18-16(27)14(25)13(24)11(8-21)28-18/h4,6,9-18,20-27H,5,7-8H2,1-3H3/b6-4+/t9-,10+,11+,12-,13+,14-,15+,16+,17+,18+/m0/s1. The molecule has 1 heterocycles. The topological polar surface area (TPSA) is 184 Å². The van der Waals surface area contributed by atoms with Gasteiger partial charge in [-0.2, -0.15) is 0 Å². The van der Waals surface area contributed by atoms with E-state index in [0.717, 1.165) is 0 Å². The fourth-order valence-electron chi connectivity index (χ4n) is 3.16. The highest BCUT2D eigenvalue weighted by Gasteiger charge is 2.47. The highest BCUT2D eigenvalue weighted by Crippen LogP contribution is 2.25. The minimum atomic E-state index is -1.77. The van der Waals surface area contributed by atoms with Gasteiger partial charge in [-0.05, 0) is 20.5 Å². The molecule has 0 aromatic heterocycles. The smallest absolute Gasteiger partial charge is 0.187 e. The van der Waals surface area contributed by atoms with Crippen LogP contribution in [0.15, 0.2) is 12.2 Å². The summed E-state index contributed by atoms with van der Waals surface area (Å²) in [6.07, 6.45) is -11.1. The molecular formula is C18H35NO10. The highest BCUT2D eigenvalue weighted by molar-refractivity contribution is 5.01. The molecular weight excluding hydrogens is 390 g/mol. The molecule has 0 aromatic rings. The maximum atomic E-state index is 10.7. The summed E-state index contributed by atoms with van der Waals surface area (Å²) in [5.41, 5.74) is 0. The van der Waals surface area contributed by atoms with Crippen LogP contribution in [0.5, 0.6) is 0 Å². The second kappa shape index (κ2) is 12.2. The molecule has 10 atom stereocenters. The van der Waals surface area contributed by atoms with Crippen molar-refractivity contribution in [1.29, 1.82) is 0 Å². The monoisotopic (exact) mass is 425 g/mol. The largest absolute Gasteiger partial charge is 0.394 e. The summed E-state index contributed by atoms with van der Waals surface area (Å²) >= 11 is 0. The molecule has 0 unspecified atom stereocenters. The van der Waals surface area contributed by atoms with Gasteiger partial charge in [0, 0.05) is 0 Å². The molecule has 0 spiro atoms. The van der Waals surface area contributed by atoms with Crippen LogP contribution < -0.4 is 0 Å². The fourth-order valence-corrected chi connectivity index (χ4v) is 3.16. The third kappa shape index (κ3) is 6.39. The minimum Gasteiger partial charge on any atom is -0.394 e. The Bertz CT molecular complexity index is 493. The number of allylic oxidation sites excluding steroid dienone is 1. The minimum absolute atomic E-state index is 0.541. The van der Waals surface area contributed by atoms with Crippen LogP contribution in [-0.2, 0) is 9.47 Å². The van der Waals surface area contributed by atoms with Gasteiger partial charge in [-0.25, -0.2) is 0 Å². The lowest BCUT2D eigenvalue weighted by molar-refractivity contribution is -0.327. The van der Waals surface area contributed by atoms with E-state index in [0.29, 0.717) is 6.54 Å². The van der Waals surface area contributed by atoms with Gasteiger partial charge >= 0.3 is 0 Å². The second-order valence-corrected chi connectivity index (χ2v) is 7.12. The lowest BCUT2D eigenvalue weighted by atomic mass is 9.95. The van der Waals surface area contributed by atoms with Crippen LogP contribution in [0.1, 0.15) is 13.8 Å². The zero-order chi connectivity index (χ0) is 22.3. The van der Waals surface area contributed by atoms with Crippen LogP contribution >= 0.6 is 0 Å².